The van der Waals surface area contributed by atoms with Crippen LogP contribution in [0.2, 0.25) is 0 Å². The quantitative estimate of drug-likeness (QED) is 0.772. The molecule has 1 amide bonds. The van der Waals surface area contributed by atoms with Gasteiger partial charge in [-0.1, -0.05) is 26.7 Å². The molecule has 3 heteroatoms. The van der Waals surface area contributed by atoms with Crippen molar-refractivity contribution in [3.05, 3.63) is 0 Å². The predicted octanol–water partition coefficient (Wildman–Crippen LogP) is 3.23. The average Bonchev–Trinajstić information content (AvgIpc) is 2.35. The number of rotatable bonds is 4. The summed E-state index contributed by atoms with van der Waals surface area (Å²) in [5.74, 6) is 0.144. The van der Waals surface area contributed by atoms with Gasteiger partial charge in [-0.2, -0.15) is 0 Å². The van der Waals surface area contributed by atoms with Crippen molar-refractivity contribution in [3.63, 3.8) is 0 Å². The number of ether oxygens (including phenoxy) is 1. The van der Waals surface area contributed by atoms with Gasteiger partial charge < -0.3 is 9.64 Å². The Morgan fingerprint density at radius 1 is 1.17 bits per heavy atom. The van der Waals surface area contributed by atoms with Crippen LogP contribution in [0.3, 0.4) is 0 Å². The van der Waals surface area contributed by atoms with Crippen molar-refractivity contribution in [1.29, 1.82) is 0 Å². The second-order valence-corrected chi connectivity index (χ2v) is 6.49. The summed E-state index contributed by atoms with van der Waals surface area (Å²) in [6.07, 6.45) is 4.73. The van der Waals surface area contributed by atoms with Crippen LogP contribution >= 0.6 is 0 Å². The SMILES string of the molecule is CCC1(CC)CCN(C(=O)COC(C)(C)C)CC1. The maximum absolute atomic E-state index is 12.0. The largest absolute Gasteiger partial charge is 0.366 e. The molecule has 0 bridgehead atoms. The van der Waals surface area contributed by atoms with Crippen LogP contribution in [0.15, 0.2) is 0 Å². The molecule has 18 heavy (non-hydrogen) atoms. The fourth-order valence-corrected chi connectivity index (χ4v) is 2.56. The lowest BCUT2D eigenvalue weighted by Crippen LogP contribution is -2.44. The van der Waals surface area contributed by atoms with Crippen molar-refractivity contribution in [2.24, 2.45) is 5.41 Å². The number of amides is 1. The van der Waals surface area contributed by atoms with Gasteiger partial charge in [0.1, 0.15) is 6.61 Å². The van der Waals surface area contributed by atoms with Crippen LogP contribution in [0, 0.1) is 5.41 Å². The molecule has 0 unspecified atom stereocenters. The second-order valence-electron chi connectivity index (χ2n) is 6.49. The maximum Gasteiger partial charge on any atom is 0.248 e. The van der Waals surface area contributed by atoms with Crippen LogP contribution in [0.1, 0.15) is 60.3 Å². The number of carbonyl (C=O) groups is 1. The molecular weight excluding hydrogens is 226 g/mol. The van der Waals surface area contributed by atoms with E-state index in [0.29, 0.717) is 5.41 Å². The molecule has 1 aliphatic heterocycles. The highest BCUT2D eigenvalue weighted by Gasteiger charge is 2.32. The van der Waals surface area contributed by atoms with Gasteiger partial charge in [0.2, 0.25) is 5.91 Å². The normalized spacial score (nSPS) is 19.9. The first-order chi connectivity index (χ1) is 8.32. The molecule has 1 saturated heterocycles. The van der Waals surface area contributed by atoms with Crippen LogP contribution in [0.5, 0.6) is 0 Å². The van der Waals surface area contributed by atoms with Crippen molar-refractivity contribution >= 4 is 5.91 Å². The number of likely N-dealkylation sites (tertiary alicyclic amines) is 1. The van der Waals surface area contributed by atoms with E-state index in [2.05, 4.69) is 13.8 Å². The molecule has 0 N–H and O–H groups in total. The van der Waals surface area contributed by atoms with Crippen LogP contribution in [-0.4, -0.2) is 36.1 Å². The van der Waals surface area contributed by atoms with Crippen molar-refractivity contribution < 1.29 is 9.53 Å². The van der Waals surface area contributed by atoms with E-state index in [1.165, 1.54) is 12.8 Å². The molecule has 0 aromatic carbocycles. The van der Waals surface area contributed by atoms with Crippen molar-refractivity contribution in [2.45, 2.75) is 65.9 Å². The van der Waals surface area contributed by atoms with Gasteiger partial charge in [0.25, 0.3) is 0 Å². The molecule has 0 saturated carbocycles. The Labute approximate surface area is 112 Å². The fourth-order valence-electron chi connectivity index (χ4n) is 2.56. The lowest BCUT2D eigenvalue weighted by atomic mass is 9.74. The molecule has 1 fully saturated rings. The minimum atomic E-state index is -0.234. The van der Waals surface area contributed by atoms with Gasteiger partial charge in [0.05, 0.1) is 5.60 Å². The summed E-state index contributed by atoms with van der Waals surface area (Å²) >= 11 is 0. The van der Waals surface area contributed by atoms with Gasteiger partial charge in [-0.3, -0.25) is 4.79 Å². The Kier molecular flexibility index (Phi) is 5.20. The zero-order valence-electron chi connectivity index (χ0n) is 12.7. The summed E-state index contributed by atoms with van der Waals surface area (Å²) in [6, 6.07) is 0. The summed E-state index contributed by atoms with van der Waals surface area (Å²) in [5, 5.41) is 0. The molecule has 106 valence electrons. The maximum atomic E-state index is 12.0. The van der Waals surface area contributed by atoms with Crippen LogP contribution in [0.4, 0.5) is 0 Å². The third kappa shape index (κ3) is 4.27. The second kappa shape index (κ2) is 6.05. The van der Waals surface area contributed by atoms with Gasteiger partial charge in [-0.05, 0) is 39.0 Å². The molecule has 0 spiro atoms. The molecule has 0 aliphatic carbocycles. The van der Waals surface area contributed by atoms with E-state index in [4.69, 9.17) is 4.74 Å². The summed E-state index contributed by atoms with van der Waals surface area (Å²) in [6.45, 7) is 12.5. The summed E-state index contributed by atoms with van der Waals surface area (Å²) in [5.41, 5.74) is 0.240. The van der Waals surface area contributed by atoms with Gasteiger partial charge >= 0.3 is 0 Å². The van der Waals surface area contributed by atoms with Crippen molar-refractivity contribution in [1.82, 2.24) is 4.90 Å². The third-order valence-corrected chi connectivity index (χ3v) is 4.31. The standard InChI is InChI=1S/C15H29NO2/c1-6-15(7-2)8-10-16(11-9-15)13(17)12-18-14(3,4)5/h6-12H2,1-5H3. The Hall–Kier alpha value is -0.570. The molecule has 0 radical (unpaired) electrons. The Morgan fingerprint density at radius 2 is 1.67 bits per heavy atom. The van der Waals surface area contributed by atoms with E-state index >= 15 is 0 Å². The number of carbonyl (C=O) groups excluding carboxylic acids is 1. The smallest absolute Gasteiger partial charge is 0.248 e. The van der Waals surface area contributed by atoms with Crippen LogP contribution < -0.4 is 0 Å². The molecule has 1 aliphatic rings. The van der Waals surface area contributed by atoms with Gasteiger partial charge in [0, 0.05) is 13.1 Å². The van der Waals surface area contributed by atoms with E-state index in [-0.39, 0.29) is 18.1 Å². The summed E-state index contributed by atoms with van der Waals surface area (Å²) in [7, 11) is 0. The Balaban J connectivity index is 2.41. The minimum absolute atomic E-state index is 0.144. The molecular formula is C15H29NO2. The average molecular weight is 255 g/mol. The Bertz CT molecular complexity index is 267. The molecule has 0 aromatic heterocycles. The van der Waals surface area contributed by atoms with E-state index in [1.54, 1.807) is 0 Å². The monoisotopic (exact) mass is 255 g/mol. The van der Waals surface area contributed by atoms with Crippen molar-refractivity contribution in [3.8, 4) is 0 Å². The molecule has 0 atom stereocenters. The number of nitrogens with zero attached hydrogens (tertiary/aromatic N) is 1. The highest BCUT2D eigenvalue weighted by Crippen LogP contribution is 2.37. The van der Waals surface area contributed by atoms with E-state index in [0.717, 1.165) is 25.9 Å². The van der Waals surface area contributed by atoms with E-state index in [1.807, 2.05) is 25.7 Å². The number of hydrogen-bond donors (Lipinski definition) is 0. The predicted molar refractivity (Wildman–Crippen MR) is 74.5 cm³/mol. The highest BCUT2D eigenvalue weighted by molar-refractivity contribution is 5.77. The number of piperidine rings is 1. The fraction of sp³-hybridized carbons (Fsp3) is 0.933. The first-order valence-electron chi connectivity index (χ1n) is 7.23. The molecule has 1 rings (SSSR count). The van der Waals surface area contributed by atoms with E-state index < -0.39 is 0 Å². The lowest BCUT2D eigenvalue weighted by Gasteiger charge is -2.41. The third-order valence-electron chi connectivity index (χ3n) is 4.31. The zero-order chi connectivity index (χ0) is 13.8. The highest BCUT2D eigenvalue weighted by atomic mass is 16.5. The van der Waals surface area contributed by atoms with Crippen LogP contribution in [0.25, 0.3) is 0 Å². The van der Waals surface area contributed by atoms with Gasteiger partial charge in [-0.25, -0.2) is 0 Å². The van der Waals surface area contributed by atoms with Gasteiger partial charge in [-0.15, -0.1) is 0 Å². The van der Waals surface area contributed by atoms with Crippen LogP contribution in [-0.2, 0) is 9.53 Å². The Morgan fingerprint density at radius 3 is 2.06 bits per heavy atom. The zero-order valence-corrected chi connectivity index (χ0v) is 12.7. The molecule has 1 heterocycles. The minimum Gasteiger partial charge on any atom is -0.366 e. The lowest BCUT2D eigenvalue weighted by molar-refractivity contribution is -0.143. The summed E-state index contributed by atoms with van der Waals surface area (Å²) < 4.78 is 5.56. The molecule has 0 aromatic rings. The first kappa shape index (κ1) is 15.5. The topological polar surface area (TPSA) is 29.5 Å². The number of hydrogen-bond acceptors (Lipinski definition) is 2. The van der Waals surface area contributed by atoms with E-state index in [9.17, 15) is 4.79 Å². The molecule has 3 nitrogen and oxygen atoms in total. The van der Waals surface area contributed by atoms with Crippen molar-refractivity contribution in [2.75, 3.05) is 19.7 Å². The summed E-state index contributed by atoms with van der Waals surface area (Å²) in [4.78, 5) is 14.0. The van der Waals surface area contributed by atoms with Gasteiger partial charge in [0.15, 0.2) is 0 Å². The first-order valence-corrected chi connectivity index (χ1v) is 7.23.